The summed E-state index contributed by atoms with van der Waals surface area (Å²) in [6.07, 6.45) is 0. The smallest absolute Gasteiger partial charge is 0.341 e. The van der Waals surface area contributed by atoms with E-state index in [-0.39, 0.29) is 23.4 Å². The van der Waals surface area contributed by atoms with Crippen LogP contribution in [0.3, 0.4) is 0 Å². The molecule has 1 aromatic heterocycles. The normalized spacial score (nSPS) is 10.6. The third kappa shape index (κ3) is 4.64. The Morgan fingerprint density at radius 3 is 1.83 bits per heavy atom. The number of nitrogens with zero attached hydrogens (tertiary/aromatic N) is 1. The van der Waals surface area contributed by atoms with Crippen molar-refractivity contribution >= 4 is 17.7 Å². The van der Waals surface area contributed by atoms with Gasteiger partial charge < -0.3 is 14.0 Å². The number of esters is 2. The molecule has 35 heavy (non-hydrogen) atoms. The highest BCUT2D eigenvalue weighted by molar-refractivity contribution is 6.19. The Morgan fingerprint density at radius 1 is 0.714 bits per heavy atom. The van der Waals surface area contributed by atoms with Crippen molar-refractivity contribution in [3.05, 3.63) is 118 Å². The van der Waals surface area contributed by atoms with Gasteiger partial charge in [0.1, 0.15) is 16.8 Å². The standard InChI is InChI=1S/C29H25NO5/c1-19-14-16-22(17-15-19)27(31)26-24(29(33)35-3)23(28(32)34-2)25(21-12-8-5-9-13-21)30(26)18-20-10-6-4-7-11-20/h4-17H,18H2,1-3H3. The number of methoxy groups -OCH3 is 2. The number of hydrogen-bond acceptors (Lipinski definition) is 5. The zero-order valence-electron chi connectivity index (χ0n) is 19.8. The van der Waals surface area contributed by atoms with Gasteiger partial charge in [0.05, 0.1) is 19.9 Å². The Morgan fingerprint density at radius 2 is 1.26 bits per heavy atom. The van der Waals surface area contributed by atoms with Crippen LogP contribution in [0, 0.1) is 6.92 Å². The maximum absolute atomic E-state index is 13.9. The fourth-order valence-corrected chi connectivity index (χ4v) is 4.12. The molecule has 0 N–H and O–H groups in total. The number of carbonyl (C=O) groups excluding carboxylic acids is 3. The zero-order chi connectivity index (χ0) is 24.9. The van der Waals surface area contributed by atoms with Crippen molar-refractivity contribution in [3.8, 4) is 11.3 Å². The quantitative estimate of drug-likeness (QED) is 0.272. The van der Waals surface area contributed by atoms with E-state index in [1.165, 1.54) is 14.2 Å². The number of aryl methyl sites for hydroxylation is 1. The Labute approximate surface area is 203 Å². The summed E-state index contributed by atoms with van der Waals surface area (Å²) in [7, 11) is 2.47. The minimum absolute atomic E-state index is 0.00283. The van der Waals surface area contributed by atoms with Crippen LogP contribution in [0.2, 0.25) is 0 Å². The molecule has 0 amide bonds. The van der Waals surface area contributed by atoms with Crippen LogP contribution < -0.4 is 0 Å². The van der Waals surface area contributed by atoms with E-state index >= 15 is 0 Å². The Bertz CT molecular complexity index is 1370. The van der Waals surface area contributed by atoms with Gasteiger partial charge in [-0.1, -0.05) is 90.5 Å². The van der Waals surface area contributed by atoms with Crippen LogP contribution in [-0.2, 0) is 16.0 Å². The van der Waals surface area contributed by atoms with E-state index in [0.717, 1.165) is 11.1 Å². The van der Waals surface area contributed by atoms with Crippen molar-refractivity contribution in [1.29, 1.82) is 0 Å². The average Bonchev–Trinajstić information content (AvgIpc) is 3.23. The lowest BCUT2D eigenvalue weighted by Gasteiger charge is -2.15. The molecule has 0 unspecified atom stereocenters. The molecule has 0 radical (unpaired) electrons. The molecule has 0 aliphatic carbocycles. The maximum Gasteiger partial charge on any atom is 0.341 e. The number of benzene rings is 3. The van der Waals surface area contributed by atoms with Crippen molar-refractivity contribution in [2.24, 2.45) is 0 Å². The van der Waals surface area contributed by atoms with Gasteiger partial charge in [0.2, 0.25) is 5.78 Å². The molecule has 0 atom stereocenters. The zero-order valence-corrected chi connectivity index (χ0v) is 19.8. The first-order valence-corrected chi connectivity index (χ1v) is 11.1. The molecule has 0 saturated carbocycles. The van der Waals surface area contributed by atoms with Crippen molar-refractivity contribution in [1.82, 2.24) is 4.57 Å². The number of ketones is 1. The first-order chi connectivity index (χ1) is 17.0. The van der Waals surface area contributed by atoms with Gasteiger partial charge in [-0.25, -0.2) is 9.59 Å². The summed E-state index contributed by atoms with van der Waals surface area (Å²) in [5.41, 5.74) is 3.32. The molecule has 0 fully saturated rings. The number of hydrogen-bond donors (Lipinski definition) is 0. The molecule has 4 aromatic rings. The Hall–Kier alpha value is -4.45. The van der Waals surface area contributed by atoms with Crippen LogP contribution in [0.25, 0.3) is 11.3 Å². The van der Waals surface area contributed by atoms with Gasteiger partial charge in [0.25, 0.3) is 0 Å². The van der Waals surface area contributed by atoms with Gasteiger partial charge in [-0.05, 0) is 18.1 Å². The molecule has 176 valence electrons. The van der Waals surface area contributed by atoms with Crippen molar-refractivity contribution < 1.29 is 23.9 Å². The van der Waals surface area contributed by atoms with Gasteiger partial charge >= 0.3 is 11.9 Å². The van der Waals surface area contributed by atoms with Crippen LogP contribution in [0.5, 0.6) is 0 Å². The molecule has 6 heteroatoms. The van der Waals surface area contributed by atoms with Crippen LogP contribution in [0.15, 0.2) is 84.9 Å². The molecule has 1 heterocycles. The van der Waals surface area contributed by atoms with Crippen LogP contribution in [0.4, 0.5) is 0 Å². The van der Waals surface area contributed by atoms with E-state index < -0.39 is 17.7 Å². The minimum atomic E-state index is -0.787. The van der Waals surface area contributed by atoms with Gasteiger partial charge in [-0.2, -0.15) is 0 Å². The molecule has 0 aliphatic rings. The summed E-state index contributed by atoms with van der Waals surface area (Å²) in [5, 5.41) is 0. The SMILES string of the molecule is COC(=O)c1c(C(=O)OC)c(-c2ccccc2)n(Cc2ccccc2)c1C(=O)c1ccc(C)cc1. The van der Waals surface area contributed by atoms with Gasteiger partial charge in [0, 0.05) is 12.1 Å². The van der Waals surface area contributed by atoms with Crippen molar-refractivity contribution in [2.75, 3.05) is 14.2 Å². The Balaban J connectivity index is 2.11. The summed E-state index contributed by atoms with van der Waals surface area (Å²) in [6.45, 7) is 2.17. The summed E-state index contributed by atoms with van der Waals surface area (Å²) in [6, 6.07) is 25.8. The van der Waals surface area contributed by atoms with Crippen molar-refractivity contribution in [2.45, 2.75) is 13.5 Å². The third-order valence-corrected chi connectivity index (χ3v) is 5.80. The molecule has 0 aliphatic heterocycles. The molecule has 0 bridgehead atoms. The van der Waals surface area contributed by atoms with E-state index in [4.69, 9.17) is 9.47 Å². The average molecular weight is 468 g/mol. The summed E-state index contributed by atoms with van der Waals surface area (Å²) >= 11 is 0. The highest BCUT2D eigenvalue weighted by atomic mass is 16.5. The van der Waals surface area contributed by atoms with Crippen LogP contribution in [0.1, 0.15) is 47.9 Å². The van der Waals surface area contributed by atoms with Gasteiger partial charge in [-0.3, -0.25) is 4.79 Å². The molecular formula is C29H25NO5. The van der Waals surface area contributed by atoms with E-state index in [9.17, 15) is 14.4 Å². The second kappa shape index (κ2) is 10.2. The summed E-state index contributed by atoms with van der Waals surface area (Å²) < 4.78 is 11.9. The van der Waals surface area contributed by atoms with E-state index in [1.54, 1.807) is 16.7 Å². The first kappa shape index (κ1) is 23.7. The lowest BCUT2D eigenvalue weighted by atomic mass is 10.00. The minimum Gasteiger partial charge on any atom is -0.465 e. The van der Waals surface area contributed by atoms with E-state index in [1.807, 2.05) is 79.7 Å². The number of carbonyl (C=O) groups is 3. The fraction of sp³-hybridized carbons (Fsp3) is 0.138. The van der Waals surface area contributed by atoms with Crippen LogP contribution >= 0.6 is 0 Å². The number of ether oxygens (including phenoxy) is 2. The second-order valence-electron chi connectivity index (χ2n) is 8.06. The van der Waals surface area contributed by atoms with Gasteiger partial charge in [0.15, 0.2) is 0 Å². The molecule has 0 saturated heterocycles. The molecular weight excluding hydrogens is 442 g/mol. The molecule has 4 rings (SSSR count). The van der Waals surface area contributed by atoms with Crippen molar-refractivity contribution in [3.63, 3.8) is 0 Å². The highest BCUT2D eigenvalue weighted by Crippen LogP contribution is 2.35. The highest BCUT2D eigenvalue weighted by Gasteiger charge is 2.36. The topological polar surface area (TPSA) is 74.6 Å². The lowest BCUT2D eigenvalue weighted by Crippen LogP contribution is -2.17. The van der Waals surface area contributed by atoms with E-state index in [0.29, 0.717) is 16.8 Å². The third-order valence-electron chi connectivity index (χ3n) is 5.80. The number of aromatic nitrogens is 1. The molecule has 6 nitrogen and oxygen atoms in total. The van der Waals surface area contributed by atoms with Crippen LogP contribution in [-0.4, -0.2) is 36.5 Å². The van der Waals surface area contributed by atoms with E-state index in [2.05, 4.69) is 0 Å². The molecule has 3 aromatic carbocycles. The second-order valence-corrected chi connectivity index (χ2v) is 8.06. The fourth-order valence-electron chi connectivity index (χ4n) is 4.12. The lowest BCUT2D eigenvalue weighted by molar-refractivity contribution is 0.0556. The maximum atomic E-state index is 13.9. The number of rotatable bonds is 7. The summed E-state index contributed by atoms with van der Waals surface area (Å²) in [4.78, 5) is 40.2. The first-order valence-electron chi connectivity index (χ1n) is 11.1. The largest absolute Gasteiger partial charge is 0.465 e. The predicted octanol–water partition coefficient (Wildman–Crippen LogP) is 5.32. The predicted molar refractivity (Wildman–Crippen MR) is 133 cm³/mol. The monoisotopic (exact) mass is 467 g/mol. The summed E-state index contributed by atoms with van der Waals surface area (Å²) in [5.74, 6) is -1.91. The Kier molecular flexibility index (Phi) is 6.92. The molecule has 0 spiro atoms. The van der Waals surface area contributed by atoms with Gasteiger partial charge in [-0.15, -0.1) is 0 Å².